The third-order valence-electron chi connectivity index (χ3n) is 4.63. The molecule has 1 heterocycles. The zero-order chi connectivity index (χ0) is 18.6. The van der Waals surface area contributed by atoms with Crippen molar-refractivity contribution in [3.8, 4) is 0 Å². The van der Waals surface area contributed by atoms with E-state index in [1.54, 1.807) is 18.1 Å². The first-order valence-corrected chi connectivity index (χ1v) is 8.64. The molecule has 0 radical (unpaired) electrons. The third kappa shape index (κ3) is 4.32. The molecule has 0 bridgehead atoms. The van der Waals surface area contributed by atoms with Gasteiger partial charge in [0, 0.05) is 24.7 Å². The topological polar surface area (TPSA) is 50.3 Å². The molecule has 0 N–H and O–H groups in total. The molecular formula is C21H26N2O2. The van der Waals surface area contributed by atoms with Crippen molar-refractivity contribution in [2.45, 2.75) is 39.7 Å². The van der Waals surface area contributed by atoms with Crippen molar-refractivity contribution in [3.05, 3.63) is 65.5 Å². The molecule has 0 unspecified atom stereocenters. The molecule has 132 valence electrons. The molecular weight excluding hydrogens is 312 g/mol. The van der Waals surface area contributed by atoms with E-state index in [0.29, 0.717) is 5.56 Å². The summed E-state index contributed by atoms with van der Waals surface area (Å²) < 4.78 is 0. The van der Waals surface area contributed by atoms with E-state index in [9.17, 15) is 9.59 Å². The lowest BCUT2D eigenvalue weighted by molar-refractivity contribution is -0.133. The van der Waals surface area contributed by atoms with Gasteiger partial charge in [0.15, 0.2) is 5.78 Å². The van der Waals surface area contributed by atoms with Gasteiger partial charge in [-0.25, -0.2) is 0 Å². The maximum Gasteiger partial charge on any atom is 0.230 e. The molecule has 2 atom stereocenters. The summed E-state index contributed by atoms with van der Waals surface area (Å²) in [4.78, 5) is 30.9. The van der Waals surface area contributed by atoms with Crippen LogP contribution in [0.25, 0.3) is 0 Å². The van der Waals surface area contributed by atoms with E-state index in [1.807, 2.05) is 70.2 Å². The number of rotatable bonds is 6. The Morgan fingerprint density at radius 1 is 0.960 bits per heavy atom. The fraction of sp³-hybridized carbons (Fsp3) is 0.381. The highest BCUT2D eigenvalue weighted by atomic mass is 16.2. The fourth-order valence-corrected chi connectivity index (χ4v) is 2.73. The zero-order valence-corrected chi connectivity index (χ0v) is 15.6. The van der Waals surface area contributed by atoms with Gasteiger partial charge in [-0.05, 0) is 31.5 Å². The average Bonchev–Trinajstić information content (AvgIpc) is 2.65. The lowest BCUT2D eigenvalue weighted by atomic mass is 9.95. The highest BCUT2D eigenvalue weighted by Crippen LogP contribution is 2.24. The monoisotopic (exact) mass is 338 g/mol. The molecule has 0 aliphatic heterocycles. The number of hydrogen-bond donors (Lipinski definition) is 0. The molecule has 25 heavy (non-hydrogen) atoms. The Kier molecular flexibility index (Phi) is 6.07. The Morgan fingerprint density at radius 3 is 2.12 bits per heavy atom. The first kappa shape index (κ1) is 18.8. The van der Waals surface area contributed by atoms with Gasteiger partial charge in [-0.3, -0.25) is 14.6 Å². The van der Waals surface area contributed by atoms with Gasteiger partial charge in [-0.2, -0.15) is 0 Å². The molecule has 4 heteroatoms. The normalized spacial score (nSPS) is 13.4. The molecule has 1 amide bonds. The summed E-state index contributed by atoms with van der Waals surface area (Å²) in [6.07, 6.45) is 1.73. The largest absolute Gasteiger partial charge is 0.337 e. The Bertz CT molecular complexity index is 723. The van der Waals surface area contributed by atoms with Gasteiger partial charge in [0.1, 0.15) is 0 Å². The number of ketones is 1. The Hall–Kier alpha value is -2.49. The minimum atomic E-state index is -0.278. The van der Waals surface area contributed by atoms with Gasteiger partial charge < -0.3 is 4.90 Å². The van der Waals surface area contributed by atoms with Crippen LogP contribution in [0.3, 0.4) is 0 Å². The summed E-state index contributed by atoms with van der Waals surface area (Å²) in [6, 6.07) is 13.0. The van der Waals surface area contributed by atoms with Crippen LogP contribution in [-0.4, -0.2) is 28.6 Å². The lowest BCUT2D eigenvalue weighted by Gasteiger charge is -2.27. The molecule has 2 rings (SSSR count). The van der Waals surface area contributed by atoms with Gasteiger partial charge in [0.2, 0.25) is 5.91 Å². The third-order valence-corrected chi connectivity index (χ3v) is 4.63. The van der Waals surface area contributed by atoms with Crippen LogP contribution in [0.15, 0.2) is 48.7 Å². The van der Waals surface area contributed by atoms with Crippen LogP contribution in [0.1, 0.15) is 61.3 Å². The van der Waals surface area contributed by atoms with E-state index in [0.717, 1.165) is 11.3 Å². The van der Waals surface area contributed by atoms with Crippen LogP contribution < -0.4 is 0 Å². The van der Waals surface area contributed by atoms with Crippen molar-refractivity contribution in [3.63, 3.8) is 0 Å². The minimum absolute atomic E-state index is 0.0288. The quantitative estimate of drug-likeness (QED) is 0.740. The molecule has 0 aliphatic carbocycles. The smallest absolute Gasteiger partial charge is 0.230 e. The fourth-order valence-electron chi connectivity index (χ4n) is 2.73. The molecule has 0 fully saturated rings. The molecule has 0 saturated heterocycles. The second-order valence-electron chi connectivity index (χ2n) is 6.74. The number of pyridine rings is 1. The van der Waals surface area contributed by atoms with Gasteiger partial charge in [-0.1, -0.05) is 44.2 Å². The first-order chi connectivity index (χ1) is 11.8. The average molecular weight is 338 g/mol. The van der Waals surface area contributed by atoms with E-state index >= 15 is 0 Å². The molecule has 1 aromatic carbocycles. The van der Waals surface area contributed by atoms with Crippen molar-refractivity contribution in [2.75, 3.05) is 7.05 Å². The van der Waals surface area contributed by atoms with Crippen LogP contribution in [0.2, 0.25) is 0 Å². The number of aromatic nitrogens is 1. The predicted octanol–water partition coefficient (Wildman–Crippen LogP) is 4.24. The second kappa shape index (κ2) is 8.06. The number of likely N-dealkylation sites (N-methyl/N-ethyl adjacent to an activating group) is 1. The minimum Gasteiger partial charge on any atom is -0.337 e. The van der Waals surface area contributed by atoms with Crippen molar-refractivity contribution in [1.82, 2.24) is 9.88 Å². The van der Waals surface area contributed by atoms with Crippen molar-refractivity contribution >= 4 is 11.7 Å². The van der Waals surface area contributed by atoms with E-state index in [2.05, 4.69) is 4.98 Å². The van der Waals surface area contributed by atoms with Crippen LogP contribution >= 0.6 is 0 Å². The first-order valence-electron chi connectivity index (χ1n) is 8.64. The maximum absolute atomic E-state index is 12.8. The highest BCUT2D eigenvalue weighted by molar-refractivity contribution is 5.97. The number of hydrogen-bond acceptors (Lipinski definition) is 3. The van der Waals surface area contributed by atoms with Gasteiger partial charge in [0.25, 0.3) is 0 Å². The van der Waals surface area contributed by atoms with Gasteiger partial charge in [0.05, 0.1) is 17.7 Å². The van der Waals surface area contributed by atoms with Crippen LogP contribution in [0.4, 0.5) is 0 Å². The number of Topliss-reactive ketones (excluding diaryl/α,β-unsaturated/α-hetero) is 1. The van der Waals surface area contributed by atoms with Crippen LogP contribution in [0, 0.1) is 5.92 Å². The molecule has 2 aromatic rings. The van der Waals surface area contributed by atoms with Gasteiger partial charge in [-0.15, -0.1) is 0 Å². The number of carbonyl (C=O) groups is 2. The summed E-state index contributed by atoms with van der Waals surface area (Å²) in [5.74, 6) is -0.165. The lowest BCUT2D eigenvalue weighted by Crippen LogP contribution is -2.33. The summed E-state index contributed by atoms with van der Waals surface area (Å²) in [5, 5.41) is 0. The molecule has 1 aromatic heterocycles. The van der Waals surface area contributed by atoms with Crippen molar-refractivity contribution in [1.29, 1.82) is 0 Å². The highest BCUT2D eigenvalue weighted by Gasteiger charge is 2.24. The summed E-state index contributed by atoms with van der Waals surface area (Å²) in [5.41, 5.74) is 2.46. The number of carbonyl (C=O) groups excluding carboxylic acids is 2. The van der Waals surface area contributed by atoms with Gasteiger partial charge >= 0.3 is 0 Å². The Labute approximate surface area is 149 Å². The summed E-state index contributed by atoms with van der Waals surface area (Å²) in [7, 11) is 1.80. The van der Waals surface area contributed by atoms with E-state index < -0.39 is 0 Å². The number of amides is 1. The second-order valence-corrected chi connectivity index (χ2v) is 6.74. The van der Waals surface area contributed by atoms with Crippen LogP contribution in [-0.2, 0) is 4.79 Å². The maximum atomic E-state index is 12.8. The van der Waals surface area contributed by atoms with Crippen molar-refractivity contribution < 1.29 is 9.59 Å². The van der Waals surface area contributed by atoms with E-state index in [-0.39, 0.29) is 29.6 Å². The van der Waals surface area contributed by atoms with E-state index in [4.69, 9.17) is 0 Å². The zero-order valence-electron chi connectivity index (χ0n) is 15.6. The Balaban J connectivity index is 2.12. The van der Waals surface area contributed by atoms with Crippen molar-refractivity contribution in [2.24, 2.45) is 5.92 Å². The molecule has 0 spiro atoms. The van der Waals surface area contributed by atoms with E-state index in [1.165, 1.54) is 0 Å². The molecule has 0 saturated carbocycles. The Morgan fingerprint density at radius 2 is 1.60 bits per heavy atom. The molecule has 4 nitrogen and oxygen atoms in total. The molecule has 0 aliphatic rings. The SMILES string of the molecule is CC(C)C(=O)c1ccc([C@@H](C)C(=O)N(C)[C@H](C)c2ccccn2)cc1. The number of benzene rings is 1. The summed E-state index contributed by atoms with van der Waals surface area (Å²) in [6.45, 7) is 7.63. The summed E-state index contributed by atoms with van der Waals surface area (Å²) >= 11 is 0. The predicted molar refractivity (Wildman–Crippen MR) is 99.4 cm³/mol. The van der Waals surface area contributed by atoms with Crippen LogP contribution in [0.5, 0.6) is 0 Å². The number of nitrogens with zero attached hydrogens (tertiary/aromatic N) is 2. The standard InChI is InChI=1S/C21H26N2O2/c1-14(2)20(24)18-11-9-17(10-12-18)15(3)21(25)23(5)16(4)19-8-6-7-13-22-19/h6-16H,1-5H3/t15-,16-/m1/s1.